The summed E-state index contributed by atoms with van der Waals surface area (Å²) in [4.78, 5) is 0. The van der Waals surface area contributed by atoms with Gasteiger partial charge in [-0.2, -0.15) is 0 Å². The van der Waals surface area contributed by atoms with Gasteiger partial charge >= 0.3 is 79.2 Å². The first kappa shape index (κ1) is 10.2. The number of halogens is 5. The Balaban J connectivity index is 0. The molecular weight excluding hydrogens is 327 g/mol. The van der Waals surface area contributed by atoms with Gasteiger partial charge in [0, 0.05) is 0 Å². The van der Waals surface area contributed by atoms with Gasteiger partial charge in [0.15, 0.2) is 0 Å². The van der Waals surface area contributed by atoms with Crippen LogP contribution in [0.15, 0.2) is 0 Å². The van der Waals surface area contributed by atoms with Gasteiger partial charge in [0.1, 0.15) is 0 Å². The van der Waals surface area contributed by atoms with Crippen LogP contribution >= 0.6 is 52.5 Å². The van der Waals surface area contributed by atoms with Crippen molar-refractivity contribution in [2.75, 3.05) is 0 Å². The largest absolute Gasteiger partial charge is 1.00 e. The van der Waals surface area contributed by atoms with Crippen LogP contribution in [0, 0.1) is 0 Å². The van der Waals surface area contributed by atoms with E-state index in [0.717, 1.165) is 0 Å². The van der Waals surface area contributed by atoms with Crippen LogP contribution < -0.4 is 0 Å². The molecule has 1 nitrogen and oxygen atoms in total. The molecule has 0 unspecified atom stereocenters. The summed E-state index contributed by atoms with van der Waals surface area (Å²) >= 11 is 12.7. The van der Waals surface area contributed by atoms with E-state index in [1.807, 2.05) is 0 Å². The van der Waals surface area contributed by atoms with E-state index in [1.165, 1.54) is 0 Å². The third-order valence-electron chi connectivity index (χ3n) is 0.173. The van der Waals surface area contributed by atoms with E-state index in [9.17, 15) is 0 Å². The molecular formula is CHCl5OSb. The fourth-order valence-corrected chi connectivity index (χ4v) is 4.72. The molecule has 8 heavy (non-hydrogen) atoms. The van der Waals surface area contributed by atoms with Crippen LogP contribution in [0.25, 0.3) is 0 Å². The second-order valence-corrected chi connectivity index (χ2v) is 9.87. The average Bonchev–Trinajstić information content (AvgIpc) is 1.21. The van der Waals surface area contributed by atoms with Gasteiger partial charge in [-0.1, -0.05) is 0 Å². The van der Waals surface area contributed by atoms with Gasteiger partial charge in [-0.3, -0.25) is 0 Å². The maximum Gasteiger partial charge on any atom is 1.00 e. The predicted molar refractivity (Wildman–Crippen MR) is 39.9 cm³/mol. The molecule has 0 aromatic carbocycles. The zero-order valence-corrected chi connectivity index (χ0v) is 9.58. The Morgan fingerprint density at radius 1 is 1.25 bits per heavy atom. The van der Waals surface area contributed by atoms with E-state index in [1.54, 1.807) is 0 Å². The summed E-state index contributed by atoms with van der Waals surface area (Å²) in [5.74, 6) is 0. The molecule has 0 N–H and O–H groups in total. The average molecular weight is 328 g/mol. The SMILES string of the molecule is [Cl][Sb-]([Cl])[O]C(Cl)(Cl)Cl.[H+]. The van der Waals surface area contributed by atoms with Gasteiger partial charge in [0.05, 0.1) is 0 Å². The molecule has 0 aliphatic heterocycles. The molecule has 0 rings (SSSR count). The van der Waals surface area contributed by atoms with Crippen molar-refractivity contribution in [1.29, 1.82) is 0 Å². The molecule has 0 aromatic rings. The van der Waals surface area contributed by atoms with Gasteiger partial charge in [-0.05, 0) is 0 Å². The molecule has 51 valence electrons. The number of rotatable bonds is 1. The molecule has 0 spiro atoms. The monoisotopic (exact) mass is 325 g/mol. The third-order valence-corrected chi connectivity index (χ3v) is 3.47. The van der Waals surface area contributed by atoms with Gasteiger partial charge in [0.2, 0.25) is 0 Å². The normalized spacial score (nSPS) is 12.8. The molecule has 0 atom stereocenters. The van der Waals surface area contributed by atoms with Crippen molar-refractivity contribution in [1.82, 2.24) is 0 Å². The molecule has 0 fully saturated rings. The summed E-state index contributed by atoms with van der Waals surface area (Å²) in [5.41, 5.74) is 0. The van der Waals surface area contributed by atoms with Crippen molar-refractivity contribution in [3.05, 3.63) is 0 Å². The van der Waals surface area contributed by atoms with E-state index in [-0.39, 0.29) is 1.43 Å². The van der Waals surface area contributed by atoms with Gasteiger partial charge in [0.25, 0.3) is 0 Å². The number of hydrogen-bond donors (Lipinski definition) is 0. The van der Waals surface area contributed by atoms with Crippen LogP contribution in [0.5, 0.6) is 0 Å². The van der Waals surface area contributed by atoms with Crippen molar-refractivity contribution in [3.63, 3.8) is 0 Å². The predicted octanol–water partition coefficient (Wildman–Crippen LogP) is 2.91. The minimum absolute atomic E-state index is 0. The van der Waals surface area contributed by atoms with E-state index >= 15 is 0 Å². The first-order valence-corrected chi connectivity index (χ1v) is 9.93. The molecule has 1 radical (unpaired) electrons. The first-order valence-electron chi connectivity index (χ1n) is 1.29. The molecule has 0 amide bonds. The second-order valence-electron chi connectivity index (χ2n) is 0.739. The molecule has 0 saturated heterocycles. The molecule has 0 saturated carbocycles. The number of alkyl halides is 3. The van der Waals surface area contributed by atoms with Crippen LogP contribution in [0.4, 0.5) is 0 Å². The minimum atomic E-state index is -2.61. The van der Waals surface area contributed by atoms with Crippen molar-refractivity contribution in [3.8, 4) is 0 Å². The van der Waals surface area contributed by atoms with Crippen molar-refractivity contribution >= 4 is 70.8 Å². The summed E-state index contributed by atoms with van der Waals surface area (Å²) < 4.78 is 2.70. The smallest absolute Gasteiger partial charge is 1.00 e. The Labute approximate surface area is 78.5 Å². The maximum absolute atomic E-state index is 5.24. The Morgan fingerprint density at radius 3 is 1.62 bits per heavy atom. The standard InChI is InChI=1S/CCl3O.2ClH.Sb/c2-1(3,4)5;;;/h;2*1H;/q-1;;;+2/p-1. The van der Waals surface area contributed by atoms with Crippen LogP contribution in [-0.2, 0) is 3.02 Å². The summed E-state index contributed by atoms with van der Waals surface area (Å²) in [6.07, 6.45) is 0. The number of hydrogen-bond acceptors (Lipinski definition) is 1. The first-order chi connectivity index (χ1) is 3.42. The van der Waals surface area contributed by atoms with Crippen LogP contribution in [0.3, 0.4) is 0 Å². The Morgan fingerprint density at radius 2 is 1.62 bits per heavy atom. The fourth-order valence-electron chi connectivity index (χ4n) is 0.0782. The van der Waals surface area contributed by atoms with Crippen LogP contribution in [0.1, 0.15) is 1.43 Å². The van der Waals surface area contributed by atoms with Crippen LogP contribution in [-0.4, -0.2) is 22.3 Å². The van der Waals surface area contributed by atoms with E-state index < -0.39 is 22.3 Å². The summed E-state index contributed by atoms with van der Waals surface area (Å²) in [7, 11) is 10.5. The Hall–Kier alpha value is 2.23. The van der Waals surface area contributed by atoms with E-state index in [0.29, 0.717) is 0 Å². The molecule has 0 aliphatic rings. The molecule has 0 bridgehead atoms. The molecule has 7 heteroatoms. The fraction of sp³-hybridized carbons (Fsp3) is 1.00. The third kappa shape index (κ3) is 8.23. The van der Waals surface area contributed by atoms with Crippen molar-refractivity contribution in [2.45, 2.75) is 3.98 Å². The second kappa shape index (κ2) is 4.18. The van der Waals surface area contributed by atoms with Crippen LogP contribution in [0.2, 0.25) is 0 Å². The van der Waals surface area contributed by atoms with Gasteiger partial charge < -0.3 is 0 Å². The zero-order chi connectivity index (χ0) is 6.78. The maximum atomic E-state index is 5.24. The van der Waals surface area contributed by atoms with Crippen molar-refractivity contribution < 1.29 is 4.44 Å². The van der Waals surface area contributed by atoms with Gasteiger partial charge in [-0.25, -0.2) is 0 Å². The Kier molecular flexibility index (Phi) is 5.34. The van der Waals surface area contributed by atoms with E-state index in [2.05, 4.69) is 3.02 Å². The molecule has 0 aliphatic carbocycles. The van der Waals surface area contributed by atoms with E-state index in [4.69, 9.17) is 52.5 Å². The van der Waals surface area contributed by atoms with Gasteiger partial charge in [-0.15, -0.1) is 0 Å². The Bertz CT molecular complexity index is 71.8. The zero-order valence-electron chi connectivity index (χ0n) is 4.25. The quantitative estimate of drug-likeness (QED) is 0.531. The van der Waals surface area contributed by atoms with Crippen molar-refractivity contribution in [2.24, 2.45) is 0 Å². The molecule has 0 heterocycles. The summed E-state index contributed by atoms with van der Waals surface area (Å²) in [6, 6.07) is 0. The summed E-state index contributed by atoms with van der Waals surface area (Å²) in [5, 5.41) is 0. The summed E-state index contributed by atoms with van der Waals surface area (Å²) in [6.45, 7) is 0. The topological polar surface area (TPSA) is 9.23 Å². The molecule has 0 aromatic heterocycles. The minimum Gasteiger partial charge on any atom is 1.00 e.